The molecule has 0 spiro atoms. The molecule has 0 fully saturated rings. The van der Waals surface area contributed by atoms with Gasteiger partial charge in [-0.25, -0.2) is 0 Å². The molecular weight excluding hydrogens is 262 g/mol. The highest BCUT2D eigenvalue weighted by Gasteiger charge is 2.20. The van der Waals surface area contributed by atoms with E-state index < -0.39 is 0 Å². The van der Waals surface area contributed by atoms with Crippen molar-refractivity contribution in [3.63, 3.8) is 0 Å². The van der Waals surface area contributed by atoms with E-state index in [9.17, 15) is 4.79 Å². The number of nitrogens with zero attached hydrogens (tertiary/aromatic N) is 1. The fourth-order valence-corrected chi connectivity index (χ4v) is 2.33. The van der Waals surface area contributed by atoms with Crippen molar-refractivity contribution in [2.45, 2.75) is 52.5 Å². The van der Waals surface area contributed by atoms with Crippen LogP contribution in [0.1, 0.15) is 46.5 Å². The van der Waals surface area contributed by atoms with Crippen molar-refractivity contribution in [1.82, 2.24) is 5.32 Å². The first-order chi connectivity index (χ1) is 10.1. The molecule has 4 nitrogen and oxygen atoms in total. The topological polar surface area (TPSA) is 58.4 Å². The van der Waals surface area contributed by atoms with Crippen molar-refractivity contribution in [3.05, 3.63) is 24.3 Å². The van der Waals surface area contributed by atoms with Gasteiger partial charge in [-0.3, -0.25) is 4.79 Å². The van der Waals surface area contributed by atoms with Crippen LogP contribution in [0.3, 0.4) is 0 Å². The third kappa shape index (κ3) is 5.66. The Hall–Kier alpha value is -1.71. The van der Waals surface area contributed by atoms with Gasteiger partial charge in [0.1, 0.15) is 6.04 Å². The highest BCUT2D eigenvalue weighted by atomic mass is 16.2. The van der Waals surface area contributed by atoms with Crippen LogP contribution in [0.5, 0.6) is 0 Å². The van der Waals surface area contributed by atoms with E-state index in [0.29, 0.717) is 0 Å². The summed E-state index contributed by atoms with van der Waals surface area (Å²) in [7, 11) is 0. The number of anilines is 2. The Morgan fingerprint density at radius 1 is 1.19 bits per heavy atom. The normalized spacial score (nSPS) is 12.0. The smallest absolute Gasteiger partial charge is 0.242 e. The fourth-order valence-electron chi connectivity index (χ4n) is 2.33. The quantitative estimate of drug-likeness (QED) is 0.542. The molecule has 1 atom stereocenters. The number of carbonyl (C=O) groups excluding carboxylic acids is 1. The van der Waals surface area contributed by atoms with Crippen LogP contribution in [0.2, 0.25) is 0 Å². The number of hydrogen-bond donors (Lipinski definition) is 2. The number of nitrogen functional groups attached to an aromatic ring is 1. The minimum absolute atomic E-state index is 0.0939. The third-order valence-electron chi connectivity index (χ3n) is 3.62. The Kier molecular flexibility index (Phi) is 7.65. The maximum Gasteiger partial charge on any atom is 0.242 e. The second-order valence-electron chi connectivity index (χ2n) is 5.46. The first-order valence-electron chi connectivity index (χ1n) is 8.00. The van der Waals surface area contributed by atoms with Gasteiger partial charge in [-0.15, -0.1) is 0 Å². The van der Waals surface area contributed by atoms with Gasteiger partial charge in [0.2, 0.25) is 5.91 Å². The molecule has 0 bridgehead atoms. The van der Waals surface area contributed by atoms with Crippen LogP contribution in [0.4, 0.5) is 11.4 Å². The number of rotatable bonds is 9. The van der Waals surface area contributed by atoms with Gasteiger partial charge >= 0.3 is 0 Å². The Labute approximate surface area is 128 Å². The molecule has 1 rings (SSSR count). The highest BCUT2D eigenvalue weighted by molar-refractivity contribution is 5.84. The number of amides is 1. The molecule has 0 heterocycles. The summed E-state index contributed by atoms with van der Waals surface area (Å²) in [5.41, 5.74) is 7.52. The van der Waals surface area contributed by atoms with Crippen LogP contribution in [-0.2, 0) is 4.79 Å². The summed E-state index contributed by atoms with van der Waals surface area (Å²) in [6.07, 6.45) is 4.37. The average Bonchev–Trinajstić information content (AvgIpc) is 2.49. The van der Waals surface area contributed by atoms with E-state index in [-0.39, 0.29) is 11.9 Å². The zero-order valence-electron chi connectivity index (χ0n) is 13.6. The van der Waals surface area contributed by atoms with Crippen molar-refractivity contribution in [2.24, 2.45) is 0 Å². The van der Waals surface area contributed by atoms with E-state index >= 15 is 0 Å². The Balaban J connectivity index is 2.66. The van der Waals surface area contributed by atoms with Crippen molar-refractivity contribution >= 4 is 17.3 Å². The number of unbranched alkanes of at least 4 members (excludes halogenated alkanes) is 2. The molecule has 1 aromatic carbocycles. The molecule has 1 amide bonds. The van der Waals surface area contributed by atoms with E-state index in [2.05, 4.69) is 24.1 Å². The zero-order chi connectivity index (χ0) is 15.7. The maximum atomic E-state index is 12.3. The standard InChI is InChI=1S/C17H29N3O/c1-4-6-7-12-19-17(21)14(3)20(13-5-2)16-10-8-15(18)9-11-16/h8-11,14H,4-7,12-13,18H2,1-3H3,(H,19,21). The molecule has 0 radical (unpaired) electrons. The predicted octanol–water partition coefficient (Wildman–Crippen LogP) is 3.18. The highest BCUT2D eigenvalue weighted by Crippen LogP contribution is 2.19. The van der Waals surface area contributed by atoms with Crippen LogP contribution in [0, 0.1) is 0 Å². The summed E-state index contributed by atoms with van der Waals surface area (Å²) in [4.78, 5) is 14.4. The lowest BCUT2D eigenvalue weighted by atomic mass is 10.2. The number of benzene rings is 1. The van der Waals surface area contributed by atoms with Gasteiger partial charge in [0.15, 0.2) is 0 Å². The second-order valence-corrected chi connectivity index (χ2v) is 5.46. The number of hydrogen-bond acceptors (Lipinski definition) is 3. The van der Waals surface area contributed by atoms with E-state index in [1.807, 2.05) is 31.2 Å². The lowest BCUT2D eigenvalue weighted by Crippen LogP contribution is -2.46. The molecule has 4 heteroatoms. The fraction of sp³-hybridized carbons (Fsp3) is 0.588. The van der Waals surface area contributed by atoms with Crippen molar-refractivity contribution in [1.29, 1.82) is 0 Å². The summed E-state index contributed by atoms with van der Waals surface area (Å²) in [6, 6.07) is 7.54. The van der Waals surface area contributed by atoms with Crippen molar-refractivity contribution < 1.29 is 4.79 Å². The molecule has 1 aromatic rings. The van der Waals surface area contributed by atoms with Crippen LogP contribution < -0.4 is 16.0 Å². The van der Waals surface area contributed by atoms with Crippen LogP contribution in [-0.4, -0.2) is 25.0 Å². The molecule has 0 aliphatic rings. The van der Waals surface area contributed by atoms with Gasteiger partial charge in [-0.05, 0) is 44.0 Å². The second kappa shape index (κ2) is 9.27. The molecule has 0 saturated carbocycles. The van der Waals surface area contributed by atoms with Gasteiger partial charge in [0.25, 0.3) is 0 Å². The van der Waals surface area contributed by atoms with E-state index in [1.54, 1.807) is 0 Å². The summed E-state index contributed by atoms with van der Waals surface area (Å²) >= 11 is 0. The Morgan fingerprint density at radius 3 is 2.43 bits per heavy atom. The largest absolute Gasteiger partial charge is 0.399 e. The Morgan fingerprint density at radius 2 is 1.86 bits per heavy atom. The molecule has 3 N–H and O–H groups in total. The predicted molar refractivity (Wildman–Crippen MR) is 90.5 cm³/mol. The van der Waals surface area contributed by atoms with Crippen molar-refractivity contribution in [2.75, 3.05) is 23.7 Å². The van der Waals surface area contributed by atoms with Gasteiger partial charge in [0, 0.05) is 24.5 Å². The molecule has 21 heavy (non-hydrogen) atoms. The Bertz CT molecular complexity index is 417. The molecular formula is C17H29N3O. The van der Waals surface area contributed by atoms with Gasteiger partial charge in [-0.2, -0.15) is 0 Å². The first-order valence-corrected chi connectivity index (χ1v) is 8.00. The number of carbonyl (C=O) groups is 1. The summed E-state index contributed by atoms with van der Waals surface area (Å²) in [6.45, 7) is 7.86. The van der Waals surface area contributed by atoms with Gasteiger partial charge in [-0.1, -0.05) is 26.7 Å². The molecule has 1 unspecified atom stereocenters. The molecule has 0 aliphatic carbocycles. The van der Waals surface area contributed by atoms with Crippen molar-refractivity contribution in [3.8, 4) is 0 Å². The summed E-state index contributed by atoms with van der Waals surface area (Å²) in [5, 5.41) is 3.03. The zero-order valence-corrected chi connectivity index (χ0v) is 13.6. The third-order valence-corrected chi connectivity index (χ3v) is 3.62. The van der Waals surface area contributed by atoms with E-state index in [0.717, 1.165) is 43.7 Å². The monoisotopic (exact) mass is 291 g/mol. The molecule has 0 aromatic heterocycles. The lowest BCUT2D eigenvalue weighted by Gasteiger charge is -2.30. The maximum absolute atomic E-state index is 12.3. The minimum Gasteiger partial charge on any atom is -0.399 e. The molecule has 118 valence electrons. The summed E-state index contributed by atoms with van der Waals surface area (Å²) < 4.78 is 0. The van der Waals surface area contributed by atoms with Crippen LogP contribution in [0.25, 0.3) is 0 Å². The first kappa shape index (κ1) is 17.3. The van der Waals surface area contributed by atoms with Gasteiger partial charge < -0.3 is 16.0 Å². The molecule has 0 aliphatic heterocycles. The van der Waals surface area contributed by atoms with E-state index in [4.69, 9.17) is 5.73 Å². The van der Waals surface area contributed by atoms with E-state index in [1.165, 1.54) is 6.42 Å². The summed E-state index contributed by atoms with van der Waals surface area (Å²) in [5.74, 6) is 0.0939. The van der Waals surface area contributed by atoms with Crippen LogP contribution in [0.15, 0.2) is 24.3 Å². The average molecular weight is 291 g/mol. The molecule has 0 saturated heterocycles. The number of nitrogens with one attached hydrogen (secondary N) is 1. The minimum atomic E-state index is -0.171. The van der Waals surface area contributed by atoms with Crippen LogP contribution >= 0.6 is 0 Å². The lowest BCUT2D eigenvalue weighted by molar-refractivity contribution is -0.122. The SMILES string of the molecule is CCCCCNC(=O)C(C)N(CCC)c1ccc(N)cc1. The number of nitrogens with two attached hydrogens (primary N) is 1. The van der Waals surface area contributed by atoms with Gasteiger partial charge in [0.05, 0.1) is 0 Å².